The number of hydrogen-bond donors (Lipinski definition) is 2. The van der Waals surface area contributed by atoms with E-state index in [2.05, 4.69) is 26.8 Å². The highest BCUT2D eigenvalue weighted by molar-refractivity contribution is 5.58. The SMILES string of the molecule is CC(C)=CCC[C@@H]1C(O)Oc2c(C)cc(O)c3c2C1CC[C@H]3C. The van der Waals surface area contributed by atoms with E-state index in [0.29, 0.717) is 11.7 Å². The van der Waals surface area contributed by atoms with E-state index in [1.165, 1.54) is 5.57 Å². The molecule has 1 aliphatic heterocycles. The lowest BCUT2D eigenvalue weighted by atomic mass is 9.68. The molecule has 3 rings (SSSR count). The van der Waals surface area contributed by atoms with Crippen LogP contribution in [0.2, 0.25) is 0 Å². The summed E-state index contributed by atoms with van der Waals surface area (Å²) in [5, 5.41) is 21.0. The van der Waals surface area contributed by atoms with Gasteiger partial charge in [-0.3, -0.25) is 0 Å². The Balaban J connectivity index is 2.00. The topological polar surface area (TPSA) is 49.7 Å². The van der Waals surface area contributed by atoms with Crippen molar-refractivity contribution >= 4 is 0 Å². The van der Waals surface area contributed by atoms with E-state index in [0.717, 1.165) is 48.1 Å². The minimum Gasteiger partial charge on any atom is -0.508 e. The molecule has 4 atom stereocenters. The Morgan fingerprint density at radius 3 is 2.74 bits per heavy atom. The summed E-state index contributed by atoms with van der Waals surface area (Å²) in [6.45, 7) is 8.32. The number of allylic oxidation sites excluding steroid dienone is 2. The number of aromatic hydroxyl groups is 1. The fourth-order valence-electron chi connectivity index (χ4n) is 4.33. The quantitative estimate of drug-likeness (QED) is 0.791. The predicted octanol–water partition coefficient (Wildman–Crippen LogP) is 4.75. The van der Waals surface area contributed by atoms with Crippen molar-refractivity contribution in [3.8, 4) is 11.5 Å². The number of rotatable bonds is 3. The summed E-state index contributed by atoms with van der Waals surface area (Å²) in [4.78, 5) is 0. The first-order valence-corrected chi connectivity index (χ1v) is 8.74. The first kappa shape index (κ1) is 16.4. The monoisotopic (exact) mass is 316 g/mol. The molecule has 0 saturated heterocycles. The first-order chi connectivity index (χ1) is 10.9. The minimum absolute atomic E-state index is 0.102. The Labute approximate surface area is 139 Å². The zero-order valence-electron chi connectivity index (χ0n) is 14.6. The van der Waals surface area contributed by atoms with Gasteiger partial charge in [-0.2, -0.15) is 0 Å². The van der Waals surface area contributed by atoms with E-state index >= 15 is 0 Å². The van der Waals surface area contributed by atoms with E-state index < -0.39 is 6.29 Å². The molecule has 126 valence electrons. The van der Waals surface area contributed by atoms with Gasteiger partial charge in [-0.25, -0.2) is 0 Å². The van der Waals surface area contributed by atoms with Crippen molar-refractivity contribution < 1.29 is 14.9 Å². The maximum absolute atomic E-state index is 10.6. The van der Waals surface area contributed by atoms with E-state index in [1.54, 1.807) is 6.07 Å². The summed E-state index contributed by atoms with van der Waals surface area (Å²) in [5.41, 5.74) is 4.43. The van der Waals surface area contributed by atoms with Crippen LogP contribution in [0, 0.1) is 12.8 Å². The molecule has 1 aromatic rings. The van der Waals surface area contributed by atoms with Gasteiger partial charge in [-0.15, -0.1) is 0 Å². The van der Waals surface area contributed by atoms with Crippen LogP contribution >= 0.6 is 0 Å². The summed E-state index contributed by atoms with van der Waals surface area (Å²) < 4.78 is 5.91. The van der Waals surface area contributed by atoms with Crippen LogP contribution in [-0.2, 0) is 0 Å². The van der Waals surface area contributed by atoms with Crippen LogP contribution in [0.1, 0.15) is 75.0 Å². The summed E-state index contributed by atoms with van der Waals surface area (Å²) in [5.74, 6) is 1.93. The number of aryl methyl sites for hydroxylation is 1. The molecule has 0 amide bonds. The van der Waals surface area contributed by atoms with Crippen molar-refractivity contribution in [2.24, 2.45) is 5.92 Å². The summed E-state index contributed by atoms with van der Waals surface area (Å²) in [7, 11) is 0. The zero-order valence-corrected chi connectivity index (χ0v) is 14.6. The zero-order chi connectivity index (χ0) is 16.7. The molecule has 0 saturated carbocycles. The lowest BCUT2D eigenvalue weighted by molar-refractivity contribution is -0.0881. The average molecular weight is 316 g/mol. The summed E-state index contributed by atoms with van der Waals surface area (Å²) in [6.07, 6.45) is 5.47. The van der Waals surface area contributed by atoms with Crippen LogP contribution in [-0.4, -0.2) is 16.5 Å². The third-order valence-corrected chi connectivity index (χ3v) is 5.47. The van der Waals surface area contributed by atoms with Crippen LogP contribution in [0.15, 0.2) is 17.7 Å². The third kappa shape index (κ3) is 2.87. The van der Waals surface area contributed by atoms with Gasteiger partial charge in [0.2, 0.25) is 6.29 Å². The van der Waals surface area contributed by atoms with Gasteiger partial charge in [0, 0.05) is 17.0 Å². The van der Waals surface area contributed by atoms with E-state index in [1.807, 2.05) is 6.92 Å². The van der Waals surface area contributed by atoms with Crippen molar-refractivity contribution in [3.05, 3.63) is 34.4 Å². The Hall–Kier alpha value is -1.48. The lowest BCUT2D eigenvalue weighted by Crippen LogP contribution is -2.38. The minimum atomic E-state index is -0.748. The van der Waals surface area contributed by atoms with Gasteiger partial charge in [-0.05, 0) is 69.9 Å². The van der Waals surface area contributed by atoms with Crippen LogP contribution in [0.5, 0.6) is 11.5 Å². The van der Waals surface area contributed by atoms with Gasteiger partial charge in [-0.1, -0.05) is 18.6 Å². The number of phenols is 1. The van der Waals surface area contributed by atoms with Gasteiger partial charge in [0.1, 0.15) is 11.5 Å². The molecule has 1 aromatic carbocycles. The number of phenolic OH excluding ortho intramolecular Hbond substituents is 1. The second-order valence-electron chi connectivity index (χ2n) is 7.49. The molecular formula is C20H28O3. The van der Waals surface area contributed by atoms with Gasteiger partial charge >= 0.3 is 0 Å². The average Bonchev–Trinajstić information content (AvgIpc) is 2.47. The molecule has 2 aliphatic rings. The maximum atomic E-state index is 10.6. The summed E-state index contributed by atoms with van der Waals surface area (Å²) >= 11 is 0. The van der Waals surface area contributed by atoms with E-state index in [9.17, 15) is 10.2 Å². The molecule has 3 heteroatoms. The molecule has 1 heterocycles. The maximum Gasteiger partial charge on any atom is 0.200 e. The highest BCUT2D eigenvalue weighted by Gasteiger charge is 2.42. The van der Waals surface area contributed by atoms with E-state index in [-0.39, 0.29) is 11.8 Å². The highest BCUT2D eigenvalue weighted by Crippen LogP contribution is 2.54. The Bertz CT molecular complexity index is 628. The predicted molar refractivity (Wildman–Crippen MR) is 92.0 cm³/mol. The number of aliphatic hydroxyl groups is 1. The molecule has 0 radical (unpaired) electrons. The second-order valence-corrected chi connectivity index (χ2v) is 7.49. The van der Waals surface area contributed by atoms with Crippen LogP contribution < -0.4 is 4.74 Å². The first-order valence-electron chi connectivity index (χ1n) is 8.74. The molecule has 2 unspecified atom stereocenters. The number of ether oxygens (including phenoxy) is 1. The molecule has 0 spiro atoms. The standard InChI is InChI=1S/C20H28O3/c1-11(2)6-5-7-15-14-9-8-12(3)17-16(21)10-13(4)19(18(14)17)23-20(15)22/h6,10,12,14-15,20-22H,5,7-9H2,1-4H3/t12-,14?,15+,20?/m1/s1. The summed E-state index contributed by atoms with van der Waals surface area (Å²) in [6, 6.07) is 1.78. The Morgan fingerprint density at radius 1 is 1.30 bits per heavy atom. The van der Waals surface area contributed by atoms with Crippen LogP contribution in [0.3, 0.4) is 0 Å². The molecule has 2 N–H and O–H groups in total. The lowest BCUT2D eigenvalue weighted by Gasteiger charge is -2.43. The molecule has 0 aromatic heterocycles. The Morgan fingerprint density at radius 2 is 2.04 bits per heavy atom. The normalized spacial score (nSPS) is 28.7. The number of benzene rings is 1. The van der Waals surface area contributed by atoms with Crippen molar-refractivity contribution in [3.63, 3.8) is 0 Å². The molecular weight excluding hydrogens is 288 g/mol. The molecule has 23 heavy (non-hydrogen) atoms. The third-order valence-electron chi connectivity index (χ3n) is 5.47. The fourth-order valence-corrected chi connectivity index (χ4v) is 4.33. The van der Waals surface area contributed by atoms with Gasteiger partial charge in [0.15, 0.2) is 0 Å². The van der Waals surface area contributed by atoms with Crippen LogP contribution in [0.25, 0.3) is 0 Å². The number of aliphatic hydroxyl groups excluding tert-OH is 1. The Kier molecular flexibility index (Phi) is 4.41. The van der Waals surface area contributed by atoms with Crippen molar-refractivity contribution in [2.45, 2.75) is 71.5 Å². The molecule has 3 nitrogen and oxygen atoms in total. The van der Waals surface area contributed by atoms with Gasteiger partial charge in [0.05, 0.1) is 0 Å². The molecule has 0 bridgehead atoms. The van der Waals surface area contributed by atoms with E-state index in [4.69, 9.17) is 4.74 Å². The largest absolute Gasteiger partial charge is 0.508 e. The van der Waals surface area contributed by atoms with Gasteiger partial charge in [0.25, 0.3) is 0 Å². The highest BCUT2D eigenvalue weighted by atomic mass is 16.6. The van der Waals surface area contributed by atoms with Gasteiger partial charge < -0.3 is 14.9 Å². The second kappa shape index (κ2) is 6.20. The smallest absolute Gasteiger partial charge is 0.200 e. The number of hydrogen-bond acceptors (Lipinski definition) is 3. The fraction of sp³-hybridized carbons (Fsp3) is 0.600. The van der Waals surface area contributed by atoms with Crippen molar-refractivity contribution in [1.29, 1.82) is 0 Å². The van der Waals surface area contributed by atoms with Crippen molar-refractivity contribution in [1.82, 2.24) is 0 Å². The van der Waals surface area contributed by atoms with Crippen LogP contribution in [0.4, 0.5) is 0 Å². The van der Waals surface area contributed by atoms with Crippen molar-refractivity contribution in [2.75, 3.05) is 0 Å². The molecule has 1 aliphatic carbocycles. The molecule has 0 fully saturated rings.